The Bertz CT molecular complexity index is 369. The molecule has 1 aromatic rings. The van der Waals surface area contributed by atoms with Gasteiger partial charge in [0.1, 0.15) is 5.75 Å². The number of benzene rings is 1. The Hall–Kier alpha value is -2.04. The van der Waals surface area contributed by atoms with Crippen molar-refractivity contribution >= 4 is 12.2 Å². The number of hydrogen-bond donors (Lipinski definition) is 2. The van der Waals surface area contributed by atoms with Crippen LogP contribution in [-0.4, -0.2) is 18.8 Å². The Morgan fingerprint density at radius 3 is 2.93 bits per heavy atom. The van der Waals surface area contributed by atoms with Crippen LogP contribution in [0.25, 0.3) is 0 Å². The van der Waals surface area contributed by atoms with Crippen molar-refractivity contribution in [1.82, 2.24) is 0 Å². The molecule has 0 heterocycles. The normalized spacial score (nSPS) is 10.2. The Labute approximate surface area is 88.4 Å². The molecule has 0 radical (unpaired) electrons. The van der Waals surface area contributed by atoms with E-state index < -0.39 is 0 Å². The average Bonchev–Trinajstić information content (AvgIpc) is 2.18. The molecule has 0 saturated heterocycles. The van der Waals surface area contributed by atoms with Gasteiger partial charge in [-0.3, -0.25) is 0 Å². The van der Waals surface area contributed by atoms with E-state index in [4.69, 9.17) is 16.2 Å². The summed E-state index contributed by atoms with van der Waals surface area (Å²) in [5.41, 5.74) is 11.1. The molecule has 4 N–H and O–H groups in total. The van der Waals surface area contributed by atoms with Crippen molar-refractivity contribution in [3.63, 3.8) is 0 Å². The summed E-state index contributed by atoms with van der Waals surface area (Å²) in [4.78, 5) is 0. The molecule has 5 heteroatoms. The van der Waals surface area contributed by atoms with E-state index in [-0.39, 0.29) is 5.96 Å². The highest BCUT2D eigenvalue weighted by atomic mass is 16.5. The maximum absolute atomic E-state index is 5.33. The second kappa shape index (κ2) is 5.64. The Balaban J connectivity index is 2.73. The van der Waals surface area contributed by atoms with Crippen LogP contribution in [0.1, 0.15) is 12.5 Å². The average molecular weight is 206 g/mol. The van der Waals surface area contributed by atoms with Gasteiger partial charge in [-0.05, 0) is 24.6 Å². The molecule has 1 aromatic carbocycles. The van der Waals surface area contributed by atoms with Crippen molar-refractivity contribution in [1.29, 1.82) is 0 Å². The molecule has 1 rings (SSSR count). The predicted molar refractivity (Wildman–Crippen MR) is 61.0 cm³/mol. The molecule has 0 bridgehead atoms. The standard InChI is InChI=1S/C10H14N4O/c1-2-15-9-5-3-4-8(6-9)7-13-14-10(11)12/h3-7H,2H2,1H3,(H4,11,12,14)/b13-7-. The lowest BCUT2D eigenvalue weighted by molar-refractivity contribution is 0.340. The minimum Gasteiger partial charge on any atom is -0.494 e. The Morgan fingerprint density at radius 1 is 1.47 bits per heavy atom. The number of hydrogen-bond acceptors (Lipinski definition) is 3. The van der Waals surface area contributed by atoms with E-state index >= 15 is 0 Å². The van der Waals surface area contributed by atoms with E-state index in [9.17, 15) is 0 Å². The van der Waals surface area contributed by atoms with E-state index in [1.807, 2.05) is 31.2 Å². The minimum absolute atomic E-state index is 0.0628. The third-order valence-corrected chi connectivity index (χ3v) is 1.55. The molecule has 0 aliphatic rings. The zero-order valence-electron chi connectivity index (χ0n) is 8.55. The fourth-order valence-corrected chi connectivity index (χ4v) is 1.01. The number of nitrogens with two attached hydrogens (primary N) is 2. The molecule has 0 fully saturated rings. The molecular formula is C10H14N4O. The van der Waals surface area contributed by atoms with Gasteiger partial charge in [-0.25, -0.2) is 0 Å². The molecule has 0 spiro atoms. The number of rotatable bonds is 4. The van der Waals surface area contributed by atoms with Crippen LogP contribution >= 0.6 is 0 Å². The van der Waals surface area contributed by atoms with Gasteiger partial charge in [0, 0.05) is 0 Å². The molecule has 0 unspecified atom stereocenters. The van der Waals surface area contributed by atoms with Crippen LogP contribution in [0, 0.1) is 0 Å². The summed E-state index contributed by atoms with van der Waals surface area (Å²) < 4.78 is 5.33. The molecular weight excluding hydrogens is 192 g/mol. The summed E-state index contributed by atoms with van der Waals surface area (Å²) in [6, 6.07) is 7.49. The summed E-state index contributed by atoms with van der Waals surface area (Å²) in [6.45, 7) is 2.56. The van der Waals surface area contributed by atoms with Crippen molar-refractivity contribution in [2.75, 3.05) is 6.61 Å². The van der Waals surface area contributed by atoms with Gasteiger partial charge in [-0.15, -0.1) is 5.10 Å². The Morgan fingerprint density at radius 2 is 2.27 bits per heavy atom. The van der Waals surface area contributed by atoms with Gasteiger partial charge in [-0.2, -0.15) is 5.10 Å². The monoisotopic (exact) mass is 206 g/mol. The maximum atomic E-state index is 5.33. The van der Waals surface area contributed by atoms with E-state index in [1.54, 1.807) is 6.21 Å². The SMILES string of the molecule is CCOc1cccc(/C=N\N=C(N)N)c1. The van der Waals surface area contributed by atoms with Crippen molar-refractivity contribution in [3.05, 3.63) is 29.8 Å². The lowest BCUT2D eigenvalue weighted by atomic mass is 10.2. The van der Waals surface area contributed by atoms with Gasteiger partial charge in [0.25, 0.3) is 0 Å². The highest BCUT2D eigenvalue weighted by Crippen LogP contribution is 2.11. The van der Waals surface area contributed by atoms with E-state index in [1.165, 1.54) is 0 Å². The molecule has 0 atom stereocenters. The number of nitrogens with zero attached hydrogens (tertiary/aromatic N) is 2. The first-order valence-corrected chi connectivity index (χ1v) is 4.57. The van der Waals surface area contributed by atoms with E-state index in [0.29, 0.717) is 6.61 Å². The molecule has 15 heavy (non-hydrogen) atoms. The van der Waals surface area contributed by atoms with Crippen molar-refractivity contribution < 1.29 is 4.74 Å². The third-order valence-electron chi connectivity index (χ3n) is 1.55. The predicted octanol–water partition coefficient (Wildman–Crippen LogP) is 0.693. The largest absolute Gasteiger partial charge is 0.494 e. The molecule has 80 valence electrons. The lowest BCUT2D eigenvalue weighted by Gasteiger charge is -2.02. The summed E-state index contributed by atoms with van der Waals surface area (Å²) in [5.74, 6) is 0.735. The molecule has 0 amide bonds. The molecule has 0 aliphatic heterocycles. The van der Waals surface area contributed by atoms with Crippen molar-refractivity contribution in [3.8, 4) is 5.75 Å². The van der Waals surface area contributed by atoms with Crippen LogP contribution in [0.15, 0.2) is 34.5 Å². The number of guanidine groups is 1. The van der Waals surface area contributed by atoms with Gasteiger partial charge < -0.3 is 16.2 Å². The van der Waals surface area contributed by atoms with E-state index in [2.05, 4.69) is 10.2 Å². The van der Waals surface area contributed by atoms with Crippen LogP contribution in [0.4, 0.5) is 0 Å². The van der Waals surface area contributed by atoms with Crippen LogP contribution in [0.5, 0.6) is 5.75 Å². The van der Waals surface area contributed by atoms with Gasteiger partial charge in [0.05, 0.1) is 12.8 Å². The van der Waals surface area contributed by atoms with Gasteiger partial charge in [0.15, 0.2) is 0 Å². The zero-order valence-corrected chi connectivity index (χ0v) is 8.55. The summed E-state index contributed by atoms with van der Waals surface area (Å²) in [7, 11) is 0. The summed E-state index contributed by atoms with van der Waals surface area (Å²) in [5, 5.41) is 7.20. The topological polar surface area (TPSA) is 86.0 Å². The lowest BCUT2D eigenvalue weighted by Crippen LogP contribution is -2.21. The molecule has 0 aromatic heterocycles. The van der Waals surface area contributed by atoms with Gasteiger partial charge in [0.2, 0.25) is 5.96 Å². The summed E-state index contributed by atoms with van der Waals surface area (Å²) in [6.07, 6.45) is 1.56. The van der Waals surface area contributed by atoms with Gasteiger partial charge in [-0.1, -0.05) is 12.1 Å². The smallest absolute Gasteiger partial charge is 0.211 e. The maximum Gasteiger partial charge on any atom is 0.211 e. The number of ether oxygens (including phenoxy) is 1. The highest BCUT2D eigenvalue weighted by molar-refractivity contribution is 5.81. The molecule has 5 nitrogen and oxygen atoms in total. The first-order valence-electron chi connectivity index (χ1n) is 4.57. The molecule has 0 aliphatic carbocycles. The highest BCUT2D eigenvalue weighted by Gasteiger charge is 1.92. The first kappa shape index (κ1) is 11.0. The van der Waals surface area contributed by atoms with Gasteiger partial charge >= 0.3 is 0 Å². The zero-order chi connectivity index (χ0) is 11.1. The van der Waals surface area contributed by atoms with Crippen molar-refractivity contribution in [2.24, 2.45) is 21.7 Å². The van der Waals surface area contributed by atoms with Crippen molar-refractivity contribution in [2.45, 2.75) is 6.92 Å². The van der Waals surface area contributed by atoms with Crippen LogP contribution < -0.4 is 16.2 Å². The van der Waals surface area contributed by atoms with Crippen LogP contribution in [0.2, 0.25) is 0 Å². The second-order valence-corrected chi connectivity index (χ2v) is 2.77. The fourth-order valence-electron chi connectivity index (χ4n) is 1.01. The Kier molecular flexibility index (Phi) is 4.15. The van der Waals surface area contributed by atoms with Crippen LogP contribution in [-0.2, 0) is 0 Å². The van der Waals surface area contributed by atoms with E-state index in [0.717, 1.165) is 11.3 Å². The minimum atomic E-state index is -0.0628. The molecule has 0 saturated carbocycles. The fraction of sp³-hybridized carbons (Fsp3) is 0.200. The first-order chi connectivity index (χ1) is 7.22. The third kappa shape index (κ3) is 4.12. The second-order valence-electron chi connectivity index (χ2n) is 2.77. The summed E-state index contributed by atoms with van der Waals surface area (Å²) >= 11 is 0. The quantitative estimate of drug-likeness (QED) is 0.432. The van der Waals surface area contributed by atoms with Crippen LogP contribution in [0.3, 0.4) is 0 Å².